The van der Waals surface area contributed by atoms with Crippen LogP contribution >= 0.6 is 0 Å². The molecule has 0 amide bonds. The second kappa shape index (κ2) is 2.92. The summed E-state index contributed by atoms with van der Waals surface area (Å²) in [4.78, 5) is 0. The summed E-state index contributed by atoms with van der Waals surface area (Å²) in [6.07, 6.45) is 3.48. The lowest BCUT2D eigenvalue weighted by Crippen LogP contribution is -2.25. The van der Waals surface area contributed by atoms with Crippen molar-refractivity contribution >= 4 is 0 Å². The smallest absolute Gasteiger partial charge is 0.207 e. The lowest BCUT2D eigenvalue weighted by atomic mass is 9.85. The van der Waals surface area contributed by atoms with Crippen molar-refractivity contribution in [3.8, 4) is 0 Å². The SMILES string of the molecule is CC(C)C1C=CCC(F)(F)C1. The predicted molar refractivity (Wildman–Crippen MR) is 41.6 cm³/mol. The van der Waals surface area contributed by atoms with E-state index in [1.165, 1.54) is 0 Å². The van der Waals surface area contributed by atoms with E-state index in [9.17, 15) is 8.78 Å². The van der Waals surface area contributed by atoms with Gasteiger partial charge in [0.25, 0.3) is 5.92 Å². The van der Waals surface area contributed by atoms with Gasteiger partial charge in [0, 0.05) is 12.8 Å². The maximum absolute atomic E-state index is 12.8. The number of rotatable bonds is 1. The number of allylic oxidation sites excluding steroid dienone is 2. The molecule has 0 saturated heterocycles. The lowest BCUT2D eigenvalue weighted by Gasteiger charge is -2.26. The van der Waals surface area contributed by atoms with E-state index in [1.54, 1.807) is 6.08 Å². The van der Waals surface area contributed by atoms with Crippen LogP contribution in [-0.2, 0) is 0 Å². The molecule has 64 valence electrons. The molecule has 0 aliphatic heterocycles. The first-order chi connectivity index (χ1) is 5.01. The Morgan fingerprint density at radius 1 is 1.45 bits per heavy atom. The van der Waals surface area contributed by atoms with E-state index < -0.39 is 5.92 Å². The number of hydrogen-bond acceptors (Lipinski definition) is 0. The monoisotopic (exact) mass is 160 g/mol. The molecule has 0 fully saturated rings. The fourth-order valence-corrected chi connectivity index (χ4v) is 1.37. The third kappa shape index (κ3) is 2.28. The van der Waals surface area contributed by atoms with E-state index >= 15 is 0 Å². The summed E-state index contributed by atoms with van der Waals surface area (Å²) in [5.74, 6) is -2.06. The molecule has 2 heteroatoms. The second-order valence-electron chi connectivity index (χ2n) is 3.60. The van der Waals surface area contributed by atoms with Gasteiger partial charge in [0.05, 0.1) is 0 Å². The topological polar surface area (TPSA) is 0 Å². The first-order valence-corrected chi connectivity index (χ1v) is 4.06. The van der Waals surface area contributed by atoms with Gasteiger partial charge in [-0.2, -0.15) is 0 Å². The molecule has 0 radical (unpaired) electrons. The average molecular weight is 160 g/mol. The molecule has 1 rings (SSSR count). The summed E-state index contributed by atoms with van der Waals surface area (Å²) in [5.41, 5.74) is 0. The Labute approximate surface area is 66.3 Å². The van der Waals surface area contributed by atoms with Crippen molar-refractivity contribution in [3.05, 3.63) is 12.2 Å². The minimum absolute atomic E-state index is 0.0289. The Balaban J connectivity index is 2.60. The van der Waals surface area contributed by atoms with Crippen molar-refractivity contribution < 1.29 is 8.78 Å². The molecule has 0 aromatic heterocycles. The zero-order chi connectivity index (χ0) is 8.48. The van der Waals surface area contributed by atoms with Crippen molar-refractivity contribution in [2.75, 3.05) is 0 Å². The molecule has 0 aromatic carbocycles. The van der Waals surface area contributed by atoms with Gasteiger partial charge in [-0.05, 0) is 11.8 Å². The van der Waals surface area contributed by atoms with Gasteiger partial charge in [-0.3, -0.25) is 0 Å². The van der Waals surface area contributed by atoms with E-state index in [1.807, 2.05) is 19.9 Å². The molecule has 0 aromatic rings. The second-order valence-corrected chi connectivity index (χ2v) is 3.60. The molecule has 0 heterocycles. The average Bonchev–Trinajstić information content (AvgIpc) is 1.85. The van der Waals surface area contributed by atoms with Crippen LogP contribution in [0.1, 0.15) is 26.7 Å². The third-order valence-electron chi connectivity index (χ3n) is 2.19. The third-order valence-corrected chi connectivity index (χ3v) is 2.19. The molecule has 1 aliphatic carbocycles. The molecule has 0 N–H and O–H groups in total. The largest absolute Gasteiger partial charge is 0.252 e. The maximum Gasteiger partial charge on any atom is 0.252 e. The zero-order valence-electron chi connectivity index (χ0n) is 6.98. The highest BCUT2D eigenvalue weighted by Crippen LogP contribution is 2.35. The Morgan fingerprint density at radius 3 is 2.45 bits per heavy atom. The van der Waals surface area contributed by atoms with Gasteiger partial charge < -0.3 is 0 Å². The van der Waals surface area contributed by atoms with Gasteiger partial charge in [0.2, 0.25) is 0 Å². The Kier molecular flexibility index (Phi) is 2.31. The summed E-state index contributed by atoms with van der Waals surface area (Å²) in [5, 5.41) is 0. The van der Waals surface area contributed by atoms with Crippen molar-refractivity contribution in [2.45, 2.75) is 32.6 Å². The first kappa shape index (κ1) is 8.69. The van der Waals surface area contributed by atoms with E-state index in [2.05, 4.69) is 0 Å². The minimum Gasteiger partial charge on any atom is -0.207 e. The van der Waals surface area contributed by atoms with E-state index in [0.29, 0.717) is 5.92 Å². The fraction of sp³-hybridized carbons (Fsp3) is 0.778. The summed E-state index contributed by atoms with van der Waals surface area (Å²) in [6, 6.07) is 0. The van der Waals surface area contributed by atoms with Crippen LogP contribution in [0.3, 0.4) is 0 Å². The van der Waals surface area contributed by atoms with Crippen molar-refractivity contribution in [2.24, 2.45) is 11.8 Å². The maximum atomic E-state index is 12.8. The molecular weight excluding hydrogens is 146 g/mol. The van der Waals surface area contributed by atoms with E-state index in [4.69, 9.17) is 0 Å². The van der Waals surface area contributed by atoms with Gasteiger partial charge in [-0.1, -0.05) is 26.0 Å². The van der Waals surface area contributed by atoms with Crippen LogP contribution < -0.4 is 0 Å². The van der Waals surface area contributed by atoms with Crippen LogP contribution in [0.5, 0.6) is 0 Å². The van der Waals surface area contributed by atoms with Crippen molar-refractivity contribution in [1.82, 2.24) is 0 Å². The van der Waals surface area contributed by atoms with E-state index in [0.717, 1.165) is 0 Å². The Bertz CT molecular complexity index is 159. The van der Waals surface area contributed by atoms with Crippen LogP contribution in [0.4, 0.5) is 8.78 Å². The molecule has 0 saturated carbocycles. The number of halogens is 2. The van der Waals surface area contributed by atoms with Gasteiger partial charge in [-0.25, -0.2) is 8.78 Å². The highest BCUT2D eigenvalue weighted by atomic mass is 19.3. The fourth-order valence-electron chi connectivity index (χ4n) is 1.37. The quantitative estimate of drug-likeness (QED) is 0.516. The summed E-state index contributed by atoms with van der Waals surface area (Å²) in [7, 11) is 0. The molecule has 1 atom stereocenters. The zero-order valence-corrected chi connectivity index (χ0v) is 6.98. The van der Waals surface area contributed by atoms with Crippen molar-refractivity contribution in [3.63, 3.8) is 0 Å². The highest BCUT2D eigenvalue weighted by molar-refractivity contribution is 5.00. The molecule has 1 aliphatic rings. The molecular formula is C9H14F2. The van der Waals surface area contributed by atoms with Gasteiger partial charge in [0.1, 0.15) is 0 Å². The first-order valence-electron chi connectivity index (χ1n) is 4.06. The minimum atomic E-state index is -2.45. The molecule has 11 heavy (non-hydrogen) atoms. The van der Waals surface area contributed by atoms with Crippen LogP contribution in [0, 0.1) is 11.8 Å². The molecule has 0 spiro atoms. The Morgan fingerprint density at radius 2 is 2.09 bits per heavy atom. The molecule has 0 nitrogen and oxygen atoms in total. The summed E-state index contributed by atoms with van der Waals surface area (Å²) in [6.45, 7) is 3.97. The normalized spacial score (nSPS) is 29.4. The lowest BCUT2D eigenvalue weighted by molar-refractivity contribution is -0.0250. The highest BCUT2D eigenvalue weighted by Gasteiger charge is 2.34. The molecule has 1 unspecified atom stereocenters. The van der Waals surface area contributed by atoms with Gasteiger partial charge >= 0.3 is 0 Å². The molecule has 0 bridgehead atoms. The Hall–Kier alpha value is -0.400. The standard InChI is InChI=1S/C9H14F2/c1-7(2)8-4-3-5-9(10,11)6-8/h3-4,7-8H,5-6H2,1-2H3. The van der Waals surface area contributed by atoms with E-state index in [-0.39, 0.29) is 18.8 Å². The van der Waals surface area contributed by atoms with Gasteiger partial charge in [0.15, 0.2) is 0 Å². The van der Waals surface area contributed by atoms with Crippen LogP contribution in [0.15, 0.2) is 12.2 Å². The predicted octanol–water partition coefficient (Wildman–Crippen LogP) is 3.24. The number of hydrogen-bond donors (Lipinski definition) is 0. The summed E-state index contributed by atoms with van der Waals surface area (Å²) < 4.78 is 25.5. The summed E-state index contributed by atoms with van der Waals surface area (Å²) >= 11 is 0. The van der Waals surface area contributed by atoms with Crippen LogP contribution in [0.2, 0.25) is 0 Å². The number of alkyl halides is 2. The van der Waals surface area contributed by atoms with Crippen molar-refractivity contribution in [1.29, 1.82) is 0 Å². The van der Waals surface area contributed by atoms with Crippen LogP contribution in [0.25, 0.3) is 0 Å². The van der Waals surface area contributed by atoms with Gasteiger partial charge in [-0.15, -0.1) is 0 Å². The van der Waals surface area contributed by atoms with Crippen LogP contribution in [-0.4, -0.2) is 5.92 Å².